The summed E-state index contributed by atoms with van der Waals surface area (Å²) >= 11 is 0. The van der Waals surface area contributed by atoms with Crippen LogP contribution in [0.5, 0.6) is 0 Å². The molecule has 1 unspecified atom stereocenters. The standard InChI is InChI=1S/C16H24N2O2.ClH/c1-12-2-4-14(5-3-12)15(19)11-18-16(20)10-13-6-8-17-9-7-13;/h2-5,13,15,17,19H,6-11H2,1H3,(H,18,20);1H. The molecule has 1 heterocycles. The summed E-state index contributed by atoms with van der Waals surface area (Å²) in [5.41, 5.74) is 2.01. The van der Waals surface area contributed by atoms with Crippen LogP contribution in [0.2, 0.25) is 0 Å². The van der Waals surface area contributed by atoms with Crippen LogP contribution in [0.4, 0.5) is 0 Å². The molecule has 1 amide bonds. The Balaban J connectivity index is 0.00000220. The number of amides is 1. The molecule has 1 aliphatic heterocycles. The lowest BCUT2D eigenvalue weighted by Crippen LogP contribution is -2.33. The van der Waals surface area contributed by atoms with E-state index in [2.05, 4.69) is 10.6 Å². The molecule has 0 spiro atoms. The van der Waals surface area contributed by atoms with E-state index in [4.69, 9.17) is 0 Å². The van der Waals surface area contributed by atoms with E-state index >= 15 is 0 Å². The summed E-state index contributed by atoms with van der Waals surface area (Å²) in [6, 6.07) is 7.74. The number of piperidine rings is 1. The number of benzene rings is 1. The molecule has 1 aromatic carbocycles. The molecule has 1 aromatic rings. The van der Waals surface area contributed by atoms with Gasteiger partial charge in [-0.3, -0.25) is 4.79 Å². The van der Waals surface area contributed by atoms with Gasteiger partial charge in [-0.25, -0.2) is 0 Å². The number of halogens is 1. The molecule has 21 heavy (non-hydrogen) atoms. The van der Waals surface area contributed by atoms with Gasteiger partial charge in [0, 0.05) is 13.0 Å². The topological polar surface area (TPSA) is 61.4 Å². The number of hydrogen-bond acceptors (Lipinski definition) is 3. The minimum atomic E-state index is -0.632. The van der Waals surface area contributed by atoms with Gasteiger partial charge < -0.3 is 15.7 Å². The van der Waals surface area contributed by atoms with Crippen LogP contribution in [0.15, 0.2) is 24.3 Å². The fourth-order valence-electron chi connectivity index (χ4n) is 2.54. The molecule has 3 N–H and O–H groups in total. The number of aryl methyl sites for hydroxylation is 1. The maximum absolute atomic E-state index is 11.9. The largest absolute Gasteiger partial charge is 0.387 e. The number of hydrogen-bond donors (Lipinski definition) is 3. The third kappa shape index (κ3) is 6.04. The molecular weight excluding hydrogens is 288 g/mol. The van der Waals surface area contributed by atoms with Crippen molar-refractivity contribution in [2.24, 2.45) is 5.92 Å². The Kier molecular flexibility index (Phi) is 7.72. The average Bonchev–Trinajstić information content (AvgIpc) is 2.46. The lowest BCUT2D eigenvalue weighted by atomic mass is 9.94. The molecule has 0 radical (unpaired) electrons. The zero-order valence-electron chi connectivity index (χ0n) is 12.5. The molecule has 1 saturated heterocycles. The Morgan fingerprint density at radius 1 is 1.33 bits per heavy atom. The van der Waals surface area contributed by atoms with Crippen molar-refractivity contribution >= 4 is 18.3 Å². The first-order valence-corrected chi connectivity index (χ1v) is 7.37. The molecule has 1 aliphatic rings. The Labute approximate surface area is 132 Å². The van der Waals surface area contributed by atoms with Gasteiger partial charge in [-0.2, -0.15) is 0 Å². The van der Waals surface area contributed by atoms with E-state index in [-0.39, 0.29) is 24.9 Å². The van der Waals surface area contributed by atoms with Crippen molar-refractivity contribution in [2.75, 3.05) is 19.6 Å². The highest BCUT2D eigenvalue weighted by atomic mass is 35.5. The summed E-state index contributed by atoms with van der Waals surface area (Å²) in [6.07, 6.45) is 2.07. The quantitative estimate of drug-likeness (QED) is 0.779. The number of nitrogens with one attached hydrogen (secondary N) is 2. The van der Waals surface area contributed by atoms with Crippen molar-refractivity contribution in [3.63, 3.8) is 0 Å². The number of carbonyl (C=O) groups is 1. The smallest absolute Gasteiger partial charge is 0.220 e. The summed E-state index contributed by atoms with van der Waals surface area (Å²) in [4.78, 5) is 11.9. The highest BCUT2D eigenvalue weighted by molar-refractivity contribution is 5.85. The molecule has 5 heteroatoms. The predicted octanol–water partition coefficient (Wildman–Crippen LogP) is 1.96. The van der Waals surface area contributed by atoms with E-state index in [0.717, 1.165) is 37.1 Å². The van der Waals surface area contributed by atoms with Gasteiger partial charge in [-0.1, -0.05) is 29.8 Å². The van der Waals surface area contributed by atoms with Crippen LogP contribution >= 0.6 is 12.4 Å². The molecule has 4 nitrogen and oxygen atoms in total. The second-order valence-electron chi connectivity index (χ2n) is 5.63. The molecule has 0 aliphatic carbocycles. The van der Waals surface area contributed by atoms with Crippen molar-refractivity contribution in [1.82, 2.24) is 10.6 Å². The normalized spacial score (nSPS) is 16.9. The fourth-order valence-corrected chi connectivity index (χ4v) is 2.54. The minimum Gasteiger partial charge on any atom is -0.387 e. The first-order valence-electron chi connectivity index (χ1n) is 7.37. The van der Waals surface area contributed by atoms with Crippen molar-refractivity contribution in [1.29, 1.82) is 0 Å². The molecule has 2 rings (SSSR count). The number of rotatable bonds is 5. The lowest BCUT2D eigenvalue weighted by molar-refractivity contribution is -0.122. The minimum absolute atomic E-state index is 0. The molecular formula is C16H25ClN2O2. The predicted molar refractivity (Wildman–Crippen MR) is 86.6 cm³/mol. The van der Waals surface area contributed by atoms with Gasteiger partial charge in [0.05, 0.1) is 6.10 Å². The third-order valence-corrected chi connectivity index (χ3v) is 3.89. The van der Waals surface area contributed by atoms with E-state index in [9.17, 15) is 9.90 Å². The van der Waals surface area contributed by atoms with Gasteiger partial charge >= 0.3 is 0 Å². The number of aliphatic hydroxyl groups is 1. The van der Waals surface area contributed by atoms with Crippen LogP contribution in [0.3, 0.4) is 0 Å². The van der Waals surface area contributed by atoms with E-state index in [1.165, 1.54) is 0 Å². The van der Waals surface area contributed by atoms with E-state index in [0.29, 0.717) is 12.3 Å². The second kappa shape index (κ2) is 9.03. The molecule has 0 saturated carbocycles. The zero-order valence-corrected chi connectivity index (χ0v) is 13.3. The fraction of sp³-hybridized carbons (Fsp3) is 0.562. The van der Waals surface area contributed by atoms with E-state index < -0.39 is 6.10 Å². The van der Waals surface area contributed by atoms with Crippen molar-refractivity contribution in [3.8, 4) is 0 Å². The Hall–Kier alpha value is -1.10. The highest BCUT2D eigenvalue weighted by Crippen LogP contribution is 2.16. The number of aliphatic hydroxyl groups excluding tert-OH is 1. The molecule has 118 valence electrons. The van der Waals surface area contributed by atoms with Crippen LogP contribution in [0, 0.1) is 12.8 Å². The van der Waals surface area contributed by atoms with Crippen molar-refractivity contribution < 1.29 is 9.90 Å². The Bertz CT molecular complexity index is 430. The maximum atomic E-state index is 11.9. The SMILES string of the molecule is Cc1ccc(C(O)CNC(=O)CC2CCNCC2)cc1.Cl. The highest BCUT2D eigenvalue weighted by Gasteiger charge is 2.17. The molecule has 0 bridgehead atoms. The molecule has 1 fully saturated rings. The van der Waals surface area contributed by atoms with Crippen LogP contribution in [0.25, 0.3) is 0 Å². The van der Waals surface area contributed by atoms with Gasteiger partial charge in [0.15, 0.2) is 0 Å². The Morgan fingerprint density at radius 3 is 2.57 bits per heavy atom. The summed E-state index contributed by atoms with van der Waals surface area (Å²) in [7, 11) is 0. The van der Waals surface area contributed by atoms with Gasteiger partial charge in [-0.15, -0.1) is 12.4 Å². The molecule has 0 aromatic heterocycles. The summed E-state index contributed by atoms with van der Waals surface area (Å²) in [5, 5.41) is 16.2. The third-order valence-electron chi connectivity index (χ3n) is 3.89. The van der Waals surface area contributed by atoms with Gasteiger partial charge in [0.2, 0.25) is 5.91 Å². The lowest BCUT2D eigenvalue weighted by Gasteiger charge is -2.22. The van der Waals surface area contributed by atoms with Crippen LogP contribution in [-0.4, -0.2) is 30.6 Å². The first kappa shape index (κ1) is 18.0. The second-order valence-corrected chi connectivity index (χ2v) is 5.63. The summed E-state index contributed by atoms with van der Waals surface area (Å²) in [5.74, 6) is 0.524. The van der Waals surface area contributed by atoms with Crippen molar-refractivity contribution in [3.05, 3.63) is 35.4 Å². The average molecular weight is 313 g/mol. The van der Waals surface area contributed by atoms with E-state index in [1.54, 1.807) is 0 Å². The first-order chi connectivity index (χ1) is 9.65. The zero-order chi connectivity index (χ0) is 14.4. The monoisotopic (exact) mass is 312 g/mol. The maximum Gasteiger partial charge on any atom is 0.220 e. The number of carbonyl (C=O) groups excluding carboxylic acids is 1. The van der Waals surface area contributed by atoms with Gasteiger partial charge in [0.1, 0.15) is 0 Å². The van der Waals surface area contributed by atoms with Crippen molar-refractivity contribution in [2.45, 2.75) is 32.3 Å². The van der Waals surface area contributed by atoms with E-state index in [1.807, 2.05) is 31.2 Å². The molecule has 1 atom stereocenters. The Morgan fingerprint density at radius 2 is 1.95 bits per heavy atom. The summed E-state index contributed by atoms with van der Waals surface area (Å²) in [6.45, 7) is 4.30. The van der Waals surface area contributed by atoms with Crippen LogP contribution in [-0.2, 0) is 4.79 Å². The van der Waals surface area contributed by atoms with Crippen LogP contribution in [0.1, 0.15) is 36.5 Å². The summed E-state index contributed by atoms with van der Waals surface area (Å²) < 4.78 is 0. The van der Waals surface area contributed by atoms with Gasteiger partial charge in [-0.05, 0) is 44.3 Å². The van der Waals surface area contributed by atoms with Crippen LogP contribution < -0.4 is 10.6 Å². The van der Waals surface area contributed by atoms with Gasteiger partial charge in [0.25, 0.3) is 0 Å².